The van der Waals surface area contributed by atoms with Gasteiger partial charge in [-0.3, -0.25) is 9.59 Å². The van der Waals surface area contributed by atoms with E-state index in [1.807, 2.05) is 18.2 Å². The molecule has 3 aromatic rings. The van der Waals surface area contributed by atoms with Crippen molar-refractivity contribution in [2.24, 2.45) is 0 Å². The molecule has 1 aliphatic rings. The molecular weight excluding hydrogens is 454 g/mol. The lowest BCUT2D eigenvalue weighted by molar-refractivity contribution is 0.0964. The zero-order valence-electron chi connectivity index (χ0n) is 21.7. The molecule has 0 spiro atoms. The molecule has 0 aliphatic carbocycles. The summed E-state index contributed by atoms with van der Waals surface area (Å²) in [7, 11) is 7.28. The second kappa shape index (κ2) is 11.6. The minimum atomic E-state index is -0.266. The first-order valence-corrected chi connectivity index (χ1v) is 12.5. The highest BCUT2D eigenvalue weighted by Crippen LogP contribution is 2.23. The maximum atomic E-state index is 13.0. The van der Waals surface area contributed by atoms with Crippen molar-refractivity contribution in [1.82, 2.24) is 20.1 Å². The van der Waals surface area contributed by atoms with Crippen molar-refractivity contribution in [3.63, 3.8) is 0 Å². The van der Waals surface area contributed by atoms with Gasteiger partial charge >= 0.3 is 0 Å². The summed E-state index contributed by atoms with van der Waals surface area (Å²) in [4.78, 5) is 29.9. The van der Waals surface area contributed by atoms with Crippen molar-refractivity contribution in [3.8, 4) is 5.75 Å². The summed E-state index contributed by atoms with van der Waals surface area (Å²) in [5, 5.41) is 7.08. The fourth-order valence-corrected chi connectivity index (χ4v) is 4.82. The van der Waals surface area contributed by atoms with E-state index in [4.69, 9.17) is 4.74 Å². The summed E-state index contributed by atoms with van der Waals surface area (Å²) in [5.74, 6) is 0.394. The quantitative estimate of drug-likeness (QED) is 0.479. The van der Waals surface area contributed by atoms with E-state index in [1.54, 1.807) is 18.7 Å². The number of carbonyl (C=O) groups excluding carboxylic acids is 1. The van der Waals surface area contributed by atoms with E-state index < -0.39 is 0 Å². The van der Waals surface area contributed by atoms with Crippen LogP contribution >= 0.6 is 0 Å². The number of rotatable bonds is 9. The molecule has 1 aromatic heterocycles. The summed E-state index contributed by atoms with van der Waals surface area (Å²) in [6.07, 6.45) is 2.16. The van der Waals surface area contributed by atoms with Crippen LogP contribution < -0.4 is 25.8 Å². The minimum absolute atomic E-state index is 0.175. The third-order valence-electron chi connectivity index (χ3n) is 7.07. The number of ether oxygens (including phenoxy) is 1. The lowest BCUT2D eigenvalue weighted by atomic mass is 10.0. The van der Waals surface area contributed by atoms with E-state index in [1.165, 1.54) is 17.3 Å². The number of benzene rings is 2. The van der Waals surface area contributed by atoms with Crippen molar-refractivity contribution in [3.05, 3.63) is 70.0 Å². The number of fused-ring (bicyclic) bond motifs is 1. The van der Waals surface area contributed by atoms with Gasteiger partial charge in [-0.1, -0.05) is 12.1 Å². The van der Waals surface area contributed by atoms with Crippen LogP contribution in [0.25, 0.3) is 10.9 Å². The average molecular weight is 492 g/mol. The number of piperidine rings is 1. The van der Waals surface area contributed by atoms with Gasteiger partial charge in [-0.2, -0.15) is 0 Å². The lowest BCUT2D eigenvalue weighted by Gasteiger charge is -2.32. The van der Waals surface area contributed by atoms with Gasteiger partial charge in [0.2, 0.25) is 0 Å². The molecule has 192 valence electrons. The van der Waals surface area contributed by atoms with Crippen molar-refractivity contribution >= 4 is 22.5 Å². The van der Waals surface area contributed by atoms with E-state index in [-0.39, 0.29) is 11.5 Å². The van der Waals surface area contributed by atoms with Gasteiger partial charge in [0.1, 0.15) is 5.75 Å². The second-order valence-corrected chi connectivity index (χ2v) is 9.57. The molecule has 2 heterocycles. The summed E-state index contributed by atoms with van der Waals surface area (Å²) in [6, 6.07) is 16.1. The van der Waals surface area contributed by atoms with Gasteiger partial charge < -0.3 is 29.7 Å². The summed E-state index contributed by atoms with van der Waals surface area (Å²) in [5.41, 5.74) is 3.44. The van der Waals surface area contributed by atoms with E-state index in [0.29, 0.717) is 23.9 Å². The second-order valence-electron chi connectivity index (χ2n) is 9.57. The highest BCUT2D eigenvalue weighted by Gasteiger charge is 2.20. The number of aromatic nitrogens is 1. The number of anilines is 1. The summed E-state index contributed by atoms with van der Waals surface area (Å²) in [6.45, 7) is 4.20. The zero-order valence-corrected chi connectivity index (χ0v) is 21.7. The number of hydrogen-bond acceptors (Lipinski definition) is 6. The Kier molecular flexibility index (Phi) is 8.28. The smallest absolute Gasteiger partial charge is 0.251 e. The number of methoxy groups -OCH3 is 1. The van der Waals surface area contributed by atoms with E-state index in [2.05, 4.69) is 58.8 Å². The van der Waals surface area contributed by atoms with Gasteiger partial charge in [-0.05, 0) is 55.8 Å². The molecule has 0 bridgehead atoms. The van der Waals surface area contributed by atoms with Crippen molar-refractivity contribution < 1.29 is 9.53 Å². The molecule has 2 aromatic carbocycles. The molecule has 0 unspecified atom stereocenters. The maximum absolute atomic E-state index is 13.0. The van der Waals surface area contributed by atoms with Crippen LogP contribution in [0.3, 0.4) is 0 Å². The average Bonchev–Trinajstić information content (AvgIpc) is 2.91. The number of nitrogens with one attached hydrogen (secondary N) is 2. The van der Waals surface area contributed by atoms with Crippen molar-refractivity contribution in [1.29, 1.82) is 0 Å². The molecule has 36 heavy (non-hydrogen) atoms. The Balaban J connectivity index is 1.36. The Bertz CT molecular complexity index is 1240. The Hall–Kier alpha value is -3.36. The molecule has 2 N–H and O–H groups in total. The Morgan fingerprint density at radius 2 is 1.78 bits per heavy atom. The molecule has 8 heteroatoms. The molecule has 0 atom stereocenters. The number of nitrogens with zero attached hydrogens (tertiary/aromatic N) is 3. The van der Waals surface area contributed by atoms with Gasteiger partial charge in [-0.25, -0.2) is 0 Å². The van der Waals surface area contributed by atoms with Gasteiger partial charge in [0, 0.05) is 70.0 Å². The van der Waals surface area contributed by atoms with Crippen LogP contribution in [-0.2, 0) is 13.1 Å². The van der Waals surface area contributed by atoms with Crippen LogP contribution in [0.1, 0.15) is 28.8 Å². The predicted molar refractivity (Wildman–Crippen MR) is 145 cm³/mol. The van der Waals surface area contributed by atoms with Gasteiger partial charge in [0.15, 0.2) is 0 Å². The molecule has 1 saturated heterocycles. The topological polar surface area (TPSA) is 78.8 Å². The first-order valence-electron chi connectivity index (χ1n) is 12.5. The molecule has 1 fully saturated rings. The number of amides is 1. The van der Waals surface area contributed by atoms with Crippen molar-refractivity contribution in [2.75, 3.05) is 52.8 Å². The van der Waals surface area contributed by atoms with Crippen LogP contribution in [0.2, 0.25) is 0 Å². The van der Waals surface area contributed by atoms with E-state index in [0.717, 1.165) is 49.9 Å². The number of hydrogen-bond donors (Lipinski definition) is 2. The Morgan fingerprint density at radius 1 is 1.06 bits per heavy atom. The molecule has 4 rings (SSSR count). The summed E-state index contributed by atoms with van der Waals surface area (Å²) < 4.78 is 7.14. The molecule has 1 aliphatic heterocycles. The molecule has 8 nitrogen and oxygen atoms in total. The number of pyridine rings is 1. The highest BCUT2D eigenvalue weighted by atomic mass is 16.5. The molecule has 0 saturated carbocycles. The van der Waals surface area contributed by atoms with Crippen LogP contribution in [0.15, 0.2) is 53.3 Å². The predicted octanol–water partition coefficient (Wildman–Crippen LogP) is 2.69. The highest BCUT2D eigenvalue weighted by molar-refractivity contribution is 6.06. The van der Waals surface area contributed by atoms with Crippen LogP contribution in [-0.4, -0.2) is 69.3 Å². The van der Waals surface area contributed by atoms with Gasteiger partial charge in [-0.15, -0.1) is 0 Å². The lowest BCUT2D eigenvalue weighted by Crippen LogP contribution is -2.43. The van der Waals surface area contributed by atoms with Crippen molar-refractivity contribution in [2.45, 2.75) is 32.0 Å². The fourth-order valence-electron chi connectivity index (χ4n) is 4.82. The standard InChI is InChI=1S/C28H37N5O3/c1-29-28(35)25-18-27(34)33(26-17-23(36-4)9-10-24(25)26)16-15-32-13-11-21(12-14-32)30-19-20-5-7-22(8-6-20)31(2)3/h5-10,17-18,21,30H,11-16,19H2,1-4H3,(H,29,35). The monoisotopic (exact) mass is 491 g/mol. The Labute approximate surface area is 212 Å². The van der Waals surface area contributed by atoms with Crippen LogP contribution in [0, 0.1) is 0 Å². The zero-order chi connectivity index (χ0) is 25.7. The van der Waals surface area contributed by atoms with E-state index >= 15 is 0 Å². The molecular formula is C28H37N5O3. The van der Waals surface area contributed by atoms with Gasteiger partial charge in [0.25, 0.3) is 11.5 Å². The Morgan fingerprint density at radius 3 is 2.42 bits per heavy atom. The third-order valence-corrected chi connectivity index (χ3v) is 7.07. The third kappa shape index (κ3) is 5.88. The fraction of sp³-hybridized carbons (Fsp3) is 0.429. The largest absolute Gasteiger partial charge is 0.497 e. The molecule has 1 amide bonds. The minimum Gasteiger partial charge on any atom is -0.497 e. The summed E-state index contributed by atoms with van der Waals surface area (Å²) >= 11 is 0. The SMILES string of the molecule is CNC(=O)c1cc(=O)n(CCN2CCC(NCc3ccc(N(C)C)cc3)CC2)c2cc(OC)ccc12. The van der Waals surface area contributed by atoms with E-state index in [9.17, 15) is 9.59 Å². The first-order chi connectivity index (χ1) is 17.4. The number of carbonyl (C=O) groups is 1. The maximum Gasteiger partial charge on any atom is 0.251 e. The normalized spacial score (nSPS) is 14.7. The molecule has 0 radical (unpaired) electrons. The van der Waals surface area contributed by atoms with Crippen LogP contribution in [0.5, 0.6) is 5.75 Å². The van der Waals surface area contributed by atoms with Crippen LogP contribution in [0.4, 0.5) is 5.69 Å². The first kappa shape index (κ1) is 25.7. The number of likely N-dealkylation sites (tertiary alicyclic amines) is 1. The van der Waals surface area contributed by atoms with Gasteiger partial charge in [0.05, 0.1) is 18.2 Å².